The Balaban J connectivity index is 2.63. The van der Waals surface area contributed by atoms with Crippen LogP contribution in [0.2, 0.25) is 0 Å². The lowest BCUT2D eigenvalue weighted by Crippen LogP contribution is -2.07. The van der Waals surface area contributed by atoms with Crippen LogP contribution in [0.5, 0.6) is 5.75 Å². The van der Waals surface area contributed by atoms with Crippen molar-refractivity contribution in [1.82, 2.24) is 0 Å². The second-order valence-electron chi connectivity index (χ2n) is 3.93. The van der Waals surface area contributed by atoms with E-state index in [-0.39, 0.29) is 10.8 Å². The molecule has 0 heterocycles. The maximum atomic E-state index is 11.1. The summed E-state index contributed by atoms with van der Waals surface area (Å²) in [6.45, 7) is 5.89. The highest BCUT2D eigenvalue weighted by molar-refractivity contribution is 9.09. The van der Waals surface area contributed by atoms with E-state index in [0.717, 1.165) is 17.5 Å². The molecule has 0 radical (unpaired) electrons. The van der Waals surface area contributed by atoms with Crippen molar-refractivity contribution < 1.29 is 14.6 Å². The number of carbonyl (C=O) groups excluding carboxylic acids is 1. The van der Waals surface area contributed by atoms with Gasteiger partial charge in [-0.25, -0.2) is 4.79 Å². The molecule has 0 spiro atoms. The minimum Gasteiger partial charge on any atom is -0.287 e. The first-order valence-electron chi connectivity index (χ1n) is 5.66. The Morgan fingerprint density at radius 2 is 2.18 bits per heavy atom. The zero-order valence-corrected chi connectivity index (χ0v) is 11.9. The number of alkyl halides is 1. The molecule has 1 aromatic rings. The van der Waals surface area contributed by atoms with E-state index in [4.69, 9.17) is 9.78 Å². The summed E-state index contributed by atoms with van der Waals surface area (Å²) < 4.78 is 0. The molecule has 0 saturated heterocycles. The van der Waals surface area contributed by atoms with Gasteiger partial charge in [-0.2, -0.15) is 0 Å². The third kappa shape index (κ3) is 4.38. The van der Waals surface area contributed by atoms with Crippen LogP contribution in [0.25, 0.3) is 0 Å². The summed E-state index contributed by atoms with van der Waals surface area (Å²) >= 11 is 3.50. The van der Waals surface area contributed by atoms with Gasteiger partial charge in [0.1, 0.15) is 0 Å². The summed E-state index contributed by atoms with van der Waals surface area (Å²) in [6.07, 6.45) is 1.12. The lowest BCUT2D eigenvalue weighted by Gasteiger charge is -2.09. The summed E-state index contributed by atoms with van der Waals surface area (Å²) in [5, 5.41) is 0. The molecule has 1 aromatic carbocycles. The van der Waals surface area contributed by atoms with Gasteiger partial charge in [-0.3, -0.25) is 9.78 Å². The number of benzene rings is 1. The highest BCUT2D eigenvalue weighted by atomic mass is 79.9. The molecule has 1 unspecified atom stereocenters. The molecule has 17 heavy (non-hydrogen) atoms. The van der Waals surface area contributed by atoms with Crippen LogP contribution in [0, 0.1) is 6.92 Å². The molecule has 0 N–H and O–H groups in total. The standard InChI is InChI=1S/C13H17BrO3/c1-4-5-13(15)17-16-12-7-6-11(10(3)14)8-9(12)2/h6-8,10H,4-5H2,1-3H3. The maximum Gasteiger partial charge on any atom is 0.355 e. The van der Waals surface area contributed by atoms with Crippen LogP contribution in [0.3, 0.4) is 0 Å². The fraction of sp³-hybridized carbons (Fsp3) is 0.462. The topological polar surface area (TPSA) is 35.5 Å². The average Bonchev–Trinajstić information content (AvgIpc) is 2.27. The molecule has 0 aromatic heterocycles. The van der Waals surface area contributed by atoms with Gasteiger partial charge in [-0.15, -0.1) is 0 Å². The largest absolute Gasteiger partial charge is 0.355 e. The molecule has 3 nitrogen and oxygen atoms in total. The van der Waals surface area contributed by atoms with Gasteiger partial charge in [-0.05, 0) is 37.5 Å². The first-order chi connectivity index (χ1) is 8.04. The Morgan fingerprint density at radius 1 is 1.47 bits per heavy atom. The monoisotopic (exact) mass is 300 g/mol. The maximum absolute atomic E-state index is 11.1. The average molecular weight is 301 g/mol. The van der Waals surface area contributed by atoms with Gasteiger partial charge < -0.3 is 0 Å². The predicted molar refractivity (Wildman–Crippen MR) is 70.1 cm³/mol. The van der Waals surface area contributed by atoms with Crippen LogP contribution >= 0.6 is 15.9 Å². The number of hydrogen-bond acceptors (Lipinski definition) is 3. The zero-order chi connectivity index (χ0) is 12.8. The normalized spacial score (nSPS) is 12.0. The highest BCUT2D eigenvalue weighted by Gasteiger charge is 2.08. The molecule has 0 aliphatic rings. The van der Waals surface area contributed by atoms with E-state index in [1.807, 2.05) is 32.0 Å². The zero-order valence-electron chi connectivity index (χ0n) is 10.3. The van der Waals surface area contributed by atoms with Gasteiger partial charge in [0.2, 0.25) is 0 Å². The van der Waals surface area contributed by atoms with Crippen LogP contribution in [0.4, 0.5) is 0 Å². The molecule has 94 valence electrons. The van der Waals surface area contributed by atoms with E-state index < -0.39 is 0 Å². The van der Waals surface area contributed by atoms with E-state index in [1.165, 1.54) is 0 Å². The van der Waals surface area contributed by atoms with Crippen LogP contribution in [0.1, 0.15) is 42.6 Å². The fourth-order valence-electron chi connectivity index (χ4n) is 1.35. The Morgan fingerprint density at radius 3 is 2.71 bits per heavy atom. The fourth-order valence-corrected chi connectivity index (χ4v) is 1.64. The van der Waals surface area contributed by atoms with E-state index in [1.54, 1.807) is 0 Å². The van der Waals surface area contributed by atoms with Crippen molar-refractivity contribution in [2.45, 2.75) is 38.4 Å². The van der Waals surface area contributed by atoms with Crippen molar-refractivity contribution in [3.8, 4) is 5.75 Å². The highest BCUT2D eigenvalue weighted by Crippen LogP contribution is 2.27. The molecule has 0 aliphatic heterocycles. The second kappa shape index (κ2) is 6.64. The number of rotatable bonds is 5. The van der Waals surface area contributed by atoms with E-state index in [2.05, 4.69) is 22.9 Å². The Kier molecular flexibility index (Phi) is 5.48. The molecule has 1 rings (SSSR count). The Labute approximate surface area is 110 Å². The number of hydrogen-bond donors (Lipinski definition) is 0. The van der Waals surface area contributed by atoms with E-state index in [9.17, 15) is 4.79 Å². The molecule has 0 amide bonds. The number of carbonyl (C=O) groups is 1. The minimum atomic E-state index is -0.343. The van der Waals surface area contributed by atoms with Gasteiger partial charge in [0, 0.05) is 11.2 Å². The molecule has 0 aliphatic carbocycles. The number of halogens is 1. The van der Waals surface area contributed by atoms with Crippen molar-refractivity contribution in [3.63, 3.8) is 0 Å². The van der Waals surface area contributed by atoms with Crippen molar-refractivity contribution in [2.24, 2.45) is 0 Å². The second-order valence-corrected chi connectivity index (χ2v) is 5.30. The minimum absolute atomic E-state index is 0.290. The lowest BCUT2D eigenvalue weighted by molar-refractivity contribution is -0.214. The Hall–Kier alpha value is -1.03. The SMILES string of the molecule is CCCC(=O)OOc1ccc(C(C)Br)cc1C. The molecule has 1 atom stereocenters. The molecule has 0 bridgehead atoms. The summed E-state index contributed by atoms with van der Waals surface area (Å²) in [4.78, 5) is 21.2. The first-order valence-corrected chi connectivity index (χ1v) is 6.58. The molecular weight excluding hydrogens is 284 g/mol. The predicted octanol–water partition coefficient (Wildman–Crippen LogP) is 4.09. The molecule has 0 saturated carbocycles. The summed E-state index contributed by atoms with van der Waals surface area (Å²) in [5.74, 6) is 0.233. The Bertz CT molecular complexity index is 388. The van der Waals surface area contributed by atoms with Gasteiger partial charge in [-0.1, -0.05) is 35.0 Å². The third-order valence-electron chi connectivity index (χ3n) is 2.34. The molecule has 0 fully saturated rings. The van der Waals surface area contributed by atoms with Crippen molar-refractivity contribution >= 4 is 21.9 Å². The summed E-state index contributed by atoms with van der Waals surface area (Å²) in [5.41, 5.74) is 2.10. The smallest absolute Gasteiger partial charge is 0.287 e. The van der Waals surface area contributed by atoms with E-state index in [0.29, 0.717) is 12.2 Å². The van der Waals surface area contributed by atoms with Gasteiger partial charge in [0.25, 0.3) is 0 Å². The first kappa shape index (κ1) is 14.0. The van der Waals surface area contributed by atoms with Crippen LogP contribution in [-0.4, -0.2) is 5.97 Å². The number of aryl methyl sites for hydroxylation is 1. The molecule has 4 heteroatoms. The lowest BCUT2D eigenvalue weighted by atomic mass is 10.1. The van der Waals surface area contributed by atoms with Crippen LogP contribution in [0.15, 0.2) is 18.2 Å². The summed E-state index contributed by atoms with van der Waals surface area (Å²) in [7, 11) is 0. The van der Waals surface area contributed by atoms with Crippen LogP contribution < -0.4 is 4.89 Å². The summed E-state index contributed by atoms with van der Waals surface area (Å²) in [6, 6.07) is 5.75. The van der Waals surface area contributed by atoms with Crippen molar-refractivity contribution in [3.05, 3.63) is 29.3 Å². The van der Waals surface area contributed by atoms with Crippen LogP contribution in [-0.2, 0) is 9.68 Å². The van der Waals surface area contributed by atoms with Crippen molar-refractivity contribution in [2.75, 3.05) is 0 Å². The third-order valence-corrected chi connectivity index (χ3v) is 2.87. The van der Waals surface area contributed by atoms with Gasteiger partial charge in [0.15, 0.2) is 5.75 Å². The van der Waals surface area contributed by atoms with Gasteiger partial charge in [0.05, 0.1) is 0 Å². The quantitative estimate of drug-likeness (QED) is 0.467. The van der Waals surface area contributed by atoms with E-state index >= 15 is 0 Å². The van der Waals surface area contributed by atoms with Crippen molar-refractivity contribution in [1.29, 1.82) is 0 Å². The molecular formula is C13H17BrO3. The van der Waals surface area contributed by atoms with Gasteiger partial charge >= 0.3 is 5.97 Å².